The highest BCUT2D eigenvalue weighted by Crippen LogP contribution is 2.14. The first-order valence-electron chi connectivity index (χ1n) is 6.22. The van der Waals surface area contributed by atoms with E-state index in [-0.39, 0.29) is 17.3 Å². The number of carbonyl (C=O) groups excluding carboxylic acids is 1. The van der Waals surface area contributed by atoms with Crippen LogP contribution in [0.25, 0.3) is 0 Å². The predicted molar refractivity (Wildman–Crippen MR) is 70.3 cm³/mol. The smallest absolute Gasteiger partial charge is 0.264 e. The van der Waals surface area contributed by atoms with Crippen molar-refractivity contribution in [3.05, 3.63) is 12.4 Å². The number of halogens is 1. The van der Waals surface area contributed by atoms with E-state index in [9.17, 15) is 13.2 Å². The van der Waals surface area contributed by atoms with Crippen LogP contribution in [0, 0.1) is 0 Å². The van der Waals surface area contributed by atoms with Crippen LogP contribution in [0.15, 0.2) is 17.3 Å². The Bertz CT molecular complexity index is 547. The minimum Gasteiger partial charge on any atom is -0.341 e. The molecule has 1 saturated heterocycles. The van der Waals surface area contributed by atoms with E-state index in [0.29, 0.717) is 0 Å². The number of nitrogens with zero attached hydrogens (tertiary/aromatic N) is 3. The highest BCUT2D eigenvalue weighted by atomic mass is 35.7. The Labute approximate surface area is 116 Å². The Kier molecular flexibility index (Phi) is 4.46. The van der Waals surface area contributed by atoms with Crippen LogP contribution in [0.4, 0.5) is 0 Å². The molecule has 0 N–H and O–H groups in total. The highest BCUT2D eigenvalue weighted by molar-refractivity contribution is 8.13. The zero-order valence-electron chi connectivity index (χ0n) is 10.5. The lowest BCUT2D eigenvalue weighted by Gasteiger charge is -2.20. The molecule has 1 fully saturated rings. The van der Waals surface area contributed by atoms with Gasteiger partial charge < -0.3 is 4.90 Å². The molecule has 0 aromatic carbocycles. The molecule has 0 unspecified atom stereocenters. The number of rotatable bonds is 3. The summed E-state index contributed by atoms with van der Waals surface area (Å²) in [6.07, 6.45) is 6.77. The normalized spacial score (nSPS) is 17.2. The van der Waals surface area contributed by atoms with E-state index in [4.69, 9.17) is 10.7 Å². The fourth-order valence-corrected chi connectivity index (χ4v) is 2.78. The zero-order valence-corrected chi connectivity index (χ0v) is 12.0. The second-order valence-electron chi connectivity index (χ2n) is 4.61. The largest absolute Gasteiger partial charge is 0.341 e. The van der Waals surface area contributed by atoms with Crippen LogP contribution >= 0.6 is 10.7 Å². The summed E-state index contributed by atoms with van der Waals surface area (Å²) in [4.78, 5) is 13.8. The van der Waals surface area contributed by atoms with Crippen molar-refractivity contribution >= 4 is 25.6 Å². The Morgan fingerprint density at radius 2 is 1.89 bits per heavy atom. The summed E-state index contributed by atoms with van der Waals surface area (Å²) in [7, 11) is 1.42. The average Bonchev–Trinajstić information content (AvgIpc) is 2.63. The van der Waals surface area contributed by atoms with Crippen molar-refractivity contribution in [3.8, 4) is 0 Å². The van der Waals surface area contributed by atoms with Crippen molar-refractivity contribution < 1.29 is 13.2 Å². The molecule has 1 amide bonds. The van der Waals surface area contributed by atoms with Crippen LogP contribution in [-0.2, 0) is 20.4 Å². The van der Waals surface area contributed by atoms with Crippen LogP contribution in [0.5, 0.6) is 0 Å². The lowest BCUT2D eigenvalue weighted by atomic mass is 10.2. The van der Waals surface area contributed by atoms with Gasteiger partial charge in [0.05, 0.1) is 6.20 Å². The molecule has 1 aromatic rings. The summed E-state index contributed by atoms with van der Waals surface area (Å²) < 4.78 is 23.5. The van der Waals surface area contributed by atoms with E-state index in [1.807, 2.05) is 4.90 Å². The summed E-state index contributed by atoms with van der Waals surface area (Å²) in [6.45, 7) is 1.58. The zero-order chi connectivity index (χ0) is 13.9. The third kappa shape index (κ3) is 3.94. The second kappa shape index (κ2) is 5.92. The van der Waals surface area contributed by atoms with E-state index >= 15 is 0 Å². The molecule has 2 heterocycles. The van der Waals surface area contributed by atoms with Crippen molar-refractivity contribution in [2.75, 3.05) is 13.1 Å². The van der Waals surface area contributed by atoms with Gasteiger partial charge in [-0.25, -0.2) is 8.42 Å². The molecule has 0 saturated carbocycles. The van der Waals surface area contributed by atoms with E-state index in [2.05, 4.69) is 5.10 Å². The Morgan fingerprint density at radius 3 is 2.42 bits per heavy atom. The van der Waals surface area contributed by atoms with Crippen LogP contribution in [-0.4, -0.2) is 42.1 Å². The number of hydrogen-bond donors (Lipinski definition) is 0. The molecular formula is C11H16ClN3O3S. The van der Waals surface area contributed by atoms with E-state index in [0.717, 1.165) is 45.0 Å². The Hall–Kier alpha value is -1.08. The van der Waals surface area contributed by atoms with Gasteiger partial charge in [0, 0.05) is 30.0 Å². The number of amides is 1. The van der Waals surface area contributed by atoms with Gasteiger partial charge in [0.15, 0.2) is 0 Å². The van der Waals surface area contributed by atoms with E-state index < -0.39 is 9.05 Å². The molecule has 1 aromatic heterocycles. The molecule has 0 bridgehead atoms. The fraction of sp³-hybridized carbons (Fsp3) is 0.636. The third-order valence-corrected chi connectivity index (χ3v) is 4.46. The van der Waals surface area contributed by atoms with Crippen LogP contribution in [0.2, 0.25) is 0 Å². The van der Waals surface area contributed by atoms with Crippen LogP contribution in [0.3, 0.4) is 0 Å². The molecule has 2 rings (SSSR count). The van der Waals surface area contributed by atoms with E-state index in [1.54, 1.807) is 0 Å². The lowest BCUT2D eigenvalue weighted by molar-refractivity contribution is -0.132. The summed E-state index contributed by atoms with van der Waals surface area (Å²) >= 11 is 0. The summed E-state index contributed by atoms with van der Waals surface area (Å²) in [5, 5.41) is 3.85. The minimum absolute atomic E-state index is 0.0384. The molecule has 0 aliphatic carbocycles. The van der Waals surface area contributed by atoms with Crippen LogP contribution < -0.4 is 0 Å². The maximum atomic E-state index is 12.1. The number of aromatic nitrogens is 2. The molecule has 0 radical (unpaired) electrons. The molecule has 6 nitrogen and oxygen atoms in total. The summed E-state index contributed by atoms with van der Waals surface area (Å²) in [5.74, 6) is -0.0384. The van der Waals surface area contributed by atoms with Crippen molar-refractivity contribution in [2.24, 2.45) is 0 Å². The predicted octanol–water partition coefficient (Wildman–Crippen LogP) is 1.21. The van der Waals surface area contributed by atoms with E-state index in [1.165, 1.54) is 10.9 Å². The Morgan fingerprint density at radius 1 is 1.26 bits per heavy atom. The molecular weight excluding hydrogens is 290 g/mol. The lowest BCUT2D eigenvalue weighted by Crippen LogP contribution is -2.34. The standard InChI is InChI=1S/C11H16ClN3O3S/c12-19(17,18)10-7-13-15(8-10)9-11(16)14-5-3-1-2-4-6-14/h7-8H,1-6,9H2. The number of likely N-dealkylation sites (tertiary alicyclic amines) is 1. The average molecular weight is 306 g/mol. The van der Waals surface area contributed by atoms with Gasteiger partial charge in [0.1, 0.15) is 11.4 Å². The van der Waals surface area contributed by atoms with Crippen LogP contribution in [0.1, 0.15) is 25.7 Å². The maximum absolute atomic E-state index is 12.1. The molecule has 19 heavy (non-hydrogen) atoms. The SMILES string of the molecule is O=C(Cn1cc(S(=O)(=O)Cl)cn1)N1CCCCCC1. The van der Waals surface area contributed by atoms with Gasteiger partial charge in [-0.2, -0.15) is 5.10 Å². The second-order valence-corrected chi connectivity index (χ2v) is 7.17. The van der Waals surface area contributed by atoms with Crippen molar-refractivity contribution in [3.63, 3.8) is 0 Å². The van der Waals surface area contributed by atoms with Gasteiger partial charge in [-0.1, -0.05) is 12.8 Å². The van der Waals surface area contributed by atoms with Gasteiger partial charge in [0.2, 0.25) is 5.91 Å². The maximum Gasteiger partial charge on any atom is 0.264 e. The van der Waals surface area contributed by atoms with Crippen molar-refractivity contribution in [1.29, 1.82) is 0 Å². The summed E-state index contributed by atoms with van der Waals surface area (Å²) in [6, 6.07) is 0. The first kappa shape index (κ1) is 14.3. The topological polar surface area (TPSA) is 72.3 Å². The van der Waals surface area contributed by atoms with Crippen molar-refractivity contribution in [1.82, 2.24) is 14.7 Å². The monoisotopic (exact) mass is 305 g/mol. The van der Waals surface area contributed by atoms with Gasteiger partial charge in [-0.05, 0) is 12.8 Å². The fourth-order valence-electron chi connectivity index (χ4n) is 2.12. The first-order chi connectivity index (χ1) is 8.97. The molecule has 1 aliphatic rings. The van der Waals surface area contributed by atoms with Crippen molar-refractivity contribution in [2.45, 2.75) is 37.1 Å². The number of hydrogen-bond acceptors (Lipinski definition) is 4. The molecule has 8 heteroatoms. The molecule has 0 spiro atoms. The highest BCUT2D eigenvalue weighted by Gasteiger charge is 2.18. The van der Waals surface area contributed by atoms with Gasteiger partial charge >= 0.3 is 0 Å². The third-order valence-electron chi connectivity index (χ3n) is 3.15. The Balaban J connectivity index is 2.00. The molecule has 1 aliphatic heterocycles. The quantitative estimate of drug-likeness (QED) is 0.787. The van der Waals surface area contributed by atoms with Gasteiger partial charge in [0.25, 0.3) is 9.05 Å². The minimum atomic E-state index is -3.78. The summed E-state index contributed by atoms with van der Waals surface area (Å²) in [5.41, 5.74) is 0. The molecule has 0 atom stereocenters. The first-order valence-corrected chi connectivity index (χ1v) is 8.52. The van der Waals surface area contributed by atoms with Gasteiger partial charge in [-0.3, -0.25) is 9.48 Å². The molecule has 106 valence electrons. The number of carbonyl (C=O) groups is 1. The van der Waals surface area contributed by atoms with Gasteiger partial charge in [-0.15, -0.1) is 0 Å².